The molecule has 0 aliphatic carbocycles. The van der Waals surface area contributed by atoms with Crippen LogP contribution in [0.3, 0.4) is 0 Å². The largest absolute Gasteiger partial charge is 0.351 e. The van der Waals surface area contributed by atoms with E-state index in [1.807, 2.05) is 41.8 Å². The lowest BCUT2D eigenvalue weighted by molar-refractivity contribution is -0.122. The first kappa shape index (κ1) is 18.2. The highest BCUT2D eigenvalue weighted by molar-refractivity contribution is 7.91. The topological polar surface area (TPSA) is 84.3 Å². The van der Waals surface area contributed by atoms with Crippen LogP contribution in [0.4, 0.5) is 0 Å². The molecule has 25 heavy (non-hydrogen) atoms. The highest BCUT2D eigenvalue weighted by Gasteiger charge is 2.29. The van der Waals surface area contributed by atoms with Crippen LogP contribution < -0.4 is 5.32 Å². The van der Waals surface area contributed by atoms with Gasteiger partial charge in [-0.25, -0.2) is 13.4 Å². The van der Waals surface area contributed by atoms with E-state index >= 15 is 0 Å². The summed E-state index contributed by atoms with van der Waals surface area (Å²) in [5, 5.41) is 3.43. The van der Waals surface area contributed by atoms with Gasteiger partial charge < -0.3 is 9.88 Å². The van der Waals surface area contributed by atoms with Crippen LogP contribution in [-0.2, 0) is 28.2 Å². The number of carbonyl (C=O) groups is 1. The lowest BCUT2D eigenvalue weighted by atomic mass is 10.2. The molecule has 136 valence electrons. The summed E-state index contributed by atoms with van der Waals surface area (Å²) in [4.78, 5) is 18.5. The molecule has 9 heteroatoms. The summed E-state index contributed by atoms with van der Waals surface area (Å²) in [5.41, 5.74) is 1.80. The first-order chi connectivity index (χ1) is 11.7. The van der Waals surface area contributed by atoms with Crippen molar-refractivity contribution in [2.75, 3.05) is 25.1 Å². The fourth-order valence-electron chi connectivity index (χ4n) is 3.09. The Labute approximate surface area is 151 Å². The van der Waals surface area contributed by atoms with Crippen molar-refractivity contribution in [1.82, 2.24) is 19.8 Å². The second-order valence-electron chi connectivity index (χ2n) is 6.56. The van der Waals surface area contributed by atoms with Gasteiger partial charge >= 0.3 is 0 Å². The van der Waals surface area contributed by atoms with Crippen LogP contribution >= 0.6 is 11.6 Å². The van der Waals surface area contributed by atoms with Crippen molar-refractivity contribution >= 4 is 38.4 Å². The molecule has 1 aromatic heterocycles. The molecule has 1 saturated heterocycles. The summed E-state index contributed by atoms with van der Waals surface area (Å²) in [6.07, 6.45) is 0.489. The third-order valence-corrected chi connectivity index (χ3v) is 6.36. The molecule has 7 nitrogen and oxygen atoms in total. The number of carbonyl (C=O) groups excluding carboxylic acids is 1. The third kappa shape index (κ3) is 4.31. The summed E-state index contributed by atoms with van der Waals surface area (Å²) < 4.78 is 24.9. The van der Waals surface area contributed by atoms with Gasteiger partial charge in [-0.3, -0.25) is 9.69 Å². The van der Waals surface area contributed by atoms with Crippen LogP contribution in [0, 0.1) is 0 Å². The summed E-state index contributed by atoms with van der Waals surface area (Å²) in [6, 6.07) is 5.28. The van der Waals surface area contributed by atoms with Crippen molar-refractivity contribution < 1.29 is 13.2 Å². The Bertz CT molecular complexity index is 909. The molecule has 1 fully saturated rings. The molecule has 0 spiro atoms. The van der Waals surface area contributed by atoms with E-state index in [2.05, 4.69) is 10.3 Å². The maximum atomic E-state index is 12.1. The van der Waals surface area contributed by atoms with Crippen LogP contribution in [0.2, 0.25) is 5.02 Å². The monoisotopic (exact) mass is 384 g/mol. The fourth-order valence-corrected chi connectivity index (χ4v) is 4.93. The highest BCUT2D eigenvalue weighted by atomic mass is 35.5. The number of aryl methyl sites for hydroxylation is 1. The fraction of sp³-hybridized carbons (Fsp3) is 0.500. The molecule has 2 heterocycles. The predicted molar refractivity (Wildman–Crippen MR) is 97.3 cm³/mol. The van der Waals surface area contributed by atoms with Gasteiger partial charge in [0.1, 0.15) is 5.82 Å². The van der Waals surface area contributed by atoms with Gasteiger partial charge in [0, 0.05) is 18.1 Å². The van der Waals surface area contributed by atoms with Gasteiger partial charge in [0.15, 0.2) is 9.84 Å². The van der Waals surface area contributed by atoms with Crippen molar-refractivity contribution in [2.45, 2.75) is 19.0 Å². The number of halogens is 1. The number of rotatable bonds is 5. The van der Waals surface area contributed by atoms with E-state index < -0.39 is 9.84 Å². The summed E-state index contributed by atoms with van der Waals surface area (Å²) in [6.45, 7) is 0.680. The van der Waals surface area contributed by atoms with Gasteiger partial charge in [0.25, 0.3) is 0 Å². The number of hydrogen-bond acceptors (Lipinski definition) is 5. The number of imidazole rings is 1. The molecule has 2 aromatic rings. The average molecular weight is 385 g/mol. The zero-order valence-electron chi connectivity index (χ0n) is 14.2. The van der Waals surface area contributed by atoms with E-state index in [-0.39, 0.29) is 30.0 Å². The van der Waals surface area contributed by atoms with Crippen LogP contribution in [0.5, 0.6) is 0 Å². The van der Waals surface area contributed by atoms with Gasteiger partial charge in [-0.05, 0) is 31.7 Å². The van der Waals surface area contributed by atoms with Crippen molar-refractivity contribution in [3.63, 3.8) is 0 Å². The SMILES string of the molecule is CN(CC(=O)NC1CCS(=O)(=O)C1)Cc1nc2cc(Cl)ccc2n1C. The lowest BCUT2D eigenvalue weighted by Crippen LogP contribution is -2.41. The Balaban J connectivity index is 1.60. The number of hydrogen-bond donors (Lipinski definition) is 1. The smallest absolute Gasteiger partial charge is 0.234 e. The molecular weight excluding hydrogens is 364 g/mol. The van der Waals surface area contributed by atoms with E-state index in [0.29, 0.717) is 18.0 Å². The predicted octanol–water partition coefficient (Wildman–Crippen LogP) is 0.962. The van der Waals surface area contributed by atoms with Gasteiger partial charge in [-0.15, -0.1) is 0 Å². The minimum atomic E-state index is -2.99. The Hall–Kier alpha value is -1.64. The number of nitrogens with zero attached hydrogens (tertiary/aromatic N) is 3. The van der Waals surface area contributed by atoms with E-state index in [0.717, 1.165) is 16.9 Å². The first-order valence-corrected chi connectivity index (χ1v) is 10.2. The van der Waals surface area contributed by atoms with Crippen LogP contribution in [0.25, 0.3) is 11.0 Å². The number of likely N-dealkylation sites (N-methyl/N-ethyl adjacent to an activating group) is 1. The Morgan fingerprint density at radius 2 is 2.24 bits per heavy atom. The van der Waals surface area contributed by atoms with E-state index in [1.54, 1.807) is 0 Å². The second kappa shape index (κ2) is 6.93. The molecule has 0 saturated carbocycles. The van der Waals surface area contributed by atoms with Crippen LogP contribution in [0.1, 0.15) is 12.2 Å². The molecule has 1 aliphatic rings. The van der Waals surface area contributed by atoms with Crippen molar-refractivity contribution in [2.24, 2.45) is 7.05 Å². The summed E-state index contributed by atoms with van der Waals surface area (Å²) >= 11 is 6.00. The van der Waals surface area contributed by atoms with Crippen molar-refractivity contribution in [1.29, 1.82) is 0 Å². The molecule has 1 aliphatic heterocycles. The minimum Gasteiger partial charge on any atom is -0.351 e. The number of sulfone groups is 1. The van der Waals surface area contributed by atoms with Gasteiger partial charge in [-0.2, -0.15) is 0 Å². The van der Waals surface area contributed by atoms with Crippen molar-refractivity contribution in [3.05, 3.63) is 29.0 Å². The minimum absolute atomic E-state index is 0.0357. The number of nitrogens with one attached hydrogen (secondary N) is 1. The molecule has 1 aromatic carbocycles. The maximum absolute atomic E-state index is 12.1. The molecule has 1 N–H and O–H groups in total. The molecular formula is C16H21ClN4O3S. The Morgan fingerprint density at radius 3 is 2.92 bits per heavy atom. The highest BCUT2D eigenvalue weighted by Crippen LogP contribution is 2.20. The number of aromatic nitrogens is 2. The van der Waals surface area contributed by atoms with E-state index in [1.165, 1.54) is 0 Å². The van der Waals surface area contributed by atoms with Gasteiger partial charge in [0.05, 0.1) is 35.6 Å². The quantitative estimate of drug-likeness (QED) is 0.830. The van der Waals surface area contributed by atoms with Gasteiger partial charge in [0.2, 0.25) is 5.91 Å². The maximum Gasteiger partial charge on any atom is 0.234 e. The van der Waals surface area contributed by atoms with E-state index in [4.69, 9.17) is 11.6 Å². The summed E-state index contributed by atoms with van der Waals surface area (Å²) in [5.74, 6) is 0.840. The molecule has 1 atom stereocenters. The molecule has 0 radical (unpaired) electrons. The normalized spacial score (nSPS) is 19.6. The number of fused-ring (bicyclic) bond motifs is 1. The second-order valence-corrected chi connectivity index (χ2v) is 9.23. The third-order valence-electron chi connectivity index (χ3n) is 4.36. The summed E-state index contributed by atoms with van der Waals surface area (Å²) in [7, 11) is 0.763. The van der Waals surface area contributed by atoms with Crippen LogP contribution in [0.15, 0.2) is 18.2 Å². The molecule has 1 amide bonds. The number of amides is 1. The zero-order valence-corrected chi connectivity index (χ0v) is 15.8. The lowest BCUT2D eigenvalue weighted by Gasteiger charge is -2.18. The molecule has 0 bridgehead atoms. The zero-order chi connectivity index (χ0) is 18.2. The van der Waals surface area contributed by atoms with Crippen LogP contribution in [-0.4, -0.2) is 59.9 Å². The number of benzene rings is 1. The molecule has 1 unspecified atom stereocenters. The Morgan fingerprint density at radius 1 is 1.48 bits per heavy atom. The van der Waals surface area contributed by atoms with Gasteiger partial charge in [-0.1, -0.05) is 11.6 Å². The molecule has 3 rings (SSSR count). The van der Waals surface area contributed by atoms with E-state index in [9.17, 15) is 13.2 Å². The first-order valence-electron chi connectivity index (χ1n) is 8.03. The standard InChI is InChI=1S/C16H21ClN4O3S/c1-20(9-16(22)18-12-5-6-25(23,24)10-12)8-15-19-13-7-11(17)3-4-14(13)21(15)2/h3-4,7,12H,5-6,8-10H2,1-2H3,(H,18,22). The van der Waals surface area contributed by atoms with Crippen molar-refractivity contribution in [3.8, 4) is 0 Å². The Kier molecular flexibility index (Phi) is 5.04. The average Bonchev–Trinajstić information content (AvgIpc) is 2.98.